The first-order valence-corrected chi connectivity index (χ1v) is 7.30. The first-order valence-electron chi connectivity index (χ1n) is 7.30. The Hall–Kier alpha value is -1.51. The van der Waals surface area contributed by atoms with Gasteiger partial charge in [0.25, 0.3) is 0 Å². The van der Waals surface area contributed by atoms with Crippen molar-refractivity contribution in [2.45, 2.75) is 52.5 Å². The highest BCUT2D eigenvalue weighted by molar-refractivity contribution is 5.81. The maximum atomic E-state index is 6.15. The second-order valence-corrected chi connectivity index (χ2v) is 6.37. The number of hydrogen-bond donors (Lipinski definition) is 1. The van der Waals surface area contributed by atoms with E-state index < -0.39 is 0 Å². The Labute approximate surface area is 114 Å². The van der Waals surface area contributed by atoms with Gasteiger partial charge in [-0.2, -0.15) is 0 Å². The fourth-order valence-corrected chi connectivity index (χ4v) is 3.42. The first kappa shape index (κ1) is 12.5. The van der Waals surface area contributed by atoms with E-state index in [9.17, 15) is 0 Å². The summed E-state index contributed by atoms with van der Waals surface area (Å²) in [6.45, 7) is 5.49. The van der Waals surface area contributed by atoms with Crippen molar-refractivity contribution in [2.24, 2.45) is 5.41 Å². The van der Waals surface area contributed by atoms with E-state index in [1.54, 1.807) is 0 Å². The summed E-state index contributed by atoms with van der Waals surface area (Å²) in [6.07, 6.45) is 6.69. The molecule has 0 radical (unpaired) electrons. The van der Waals surface area contributed by atoms with Gasteiger partial charge in [-0.3, -0.25) is 0 Å². The van der Waals surface area contributed by atoms with Crippen LogP contribution in [0.15, 0.2) is 18.2 Å². The van der Waals surface area contributed by atoms with Crippen molar-refractivity contribution >= 4 is 17.0 Å². The van der Waals surface area contributed by atoms with Crippen LogP contribution >= 0.6 is 0 Å². The molecule has 0 aliphatic heterocycles. The van der Waals surface area contributed by atoms with E-state index in [-0.39, 0.29) is 0 Å². The highest BCUT2D eigenvalue weighted by Crippen LogP contribution is 2.38. The molecule has 1 aliphatic carbocycles. The molecule has 0 spiro atoms. The zero-order chi connectivity index (χ0) is 13.5. The zero-order valence-electron chi connectivity index (χ0n) is 11.9. The summed E-state index contributed by atoms with van der Waals surface area (Å²) in [6, 6.07) is 6.33. The van der Waals surface area contributed by atoms with E-state index in [1.165, 1.54) is 43.2 Å². The third-order valence-electron chi connectivity index (χ3n) is 4.61. The van der Waals surface area contributed by atoms with Gasteiger partial charge in [0.1, 0.15) is 0 Å². The van der Waals surface area contributed by atoms with Crippen molar-refractivity contribution < 1.29 is 0 Å². The monoisotopic (exact) mass is 257 g/mol. The molecular formula is C16H23N3. The summed E-state index contributed by atoms with van der Waals surface area (Å²) in [5, 5.41) is 0. The Morgan fingerprint density at radius 3 is 2.74 bits per heavy atom. The SMILES string of the molecule is Cc1cccc2c1nc(N)n2CC1(C)CCCCC1. The van der Waals surface area contributed by atoms with E-state index in [2.05, 4.69) is 41.6 Å². The lowest BCUT2D eigenvalue weighted by Gasteiger charge is -2.34. The van der Waals surface area contributed by atoms with Crippen LogP contribution in [-0.4, -0.2) is 9.55 Å². The molecule has 0 amide bonds. The lowest BCUT2D eigenvalue weighted by molar-refractivity contribution is 0.186. The molecular weight excluding hydrogens is 234 g/mol. The quantitative estimate of drug-likeness (QED) is 0.886. The third-order valence-corrected chi connectivity index (χ3v) is 4.61. The number of imidazole rings is 1. The molecule has 1 aromatic heterocycles. The fraction of sp³-hybridized carbons (Fsp3) is 0.562. The molecule has 1 aromatic carbocycles. The van der Waals surface area contributed by atoms with Gasteiger partial charge in [-0.05, 0) is 36.8 Å². The summed E-state index contributed by atoms with van der Waals surface area (Å²) >= 11 is 0. The van der Waals surface area contributed by atoms with Gasteiger partial charge in [-0.1, -0.05) is 38.3 Å². The maximum Gasteiger partial charge on any atom is 0.201 e. The van der Waals surface area contributed by atoms with Crippen LogP contribution in [0.2, 0.25) is 0 Å². The molecule has 3 nitrogen and oxygen atoms in total. The average molecular weight is 257 g/mol. The van der Waals surface area contributed by atoms with Gasteiger partial charge >= 0.3 is 0 Å². The predicted molar refractivity (Wildman–Crippen MR) is 80.1 cm³/mol. The van der Waals surface area contributed by atoms with E-state index in [0.29, 0.717) is 11.4 Å². The molecule has 1 saturated carbocycles. The van der Waals surface area contributed by atoms with E-state index in [4.69, 9.17) is 5.73 Å². The summed E-state index contributed by atoms with van der Waals surface area (Å²) in [5.74, 6) is 0.663. The Morgan fingerprint density at radius 2 is 2.00 bits per heavy atom. The molecule has 102 valence electrons. The topological polar surface area (TPSA) is 43.8 Å². The second kappa shape index (κ2) is 4.55. The smallest absolute Gasteiger partial charge is 0.201 e. The molecule has 3 rings (SSSR count). The summed E-state index contributed by atoms with van der Waals surface area (Å²) in [5.41, 5.74) is 9.97. The molecule has 0 unspecified atom stereocenters. The Kier molecular flexibility index (Phi) is 3.00. The van der Waals surface area contributed by atoms with Crippen molar-refractivity contribution in [1.82, 2.24) is 9.55 Å². The number of nitrogens with two attached hydrogens (primary N) is 1. The summed E-state index contributed by atoms with van der Waals surface area (Å²) in [4.78, 5) is 4.55. The average Bonchev–Trinajstić information content (AvgIpc) is 2.69. The molecule has 0 saturated heterocycles. The number of fused-ring (bicyclic) bond motifs is 1. The van der Waals surface area contributed by atoms with Gasteiger partial charge in [-0.25, -0.2) is 4.98 Å². The maximum absolute atomic E-state index is 6.15. The van der Waals surface area contributed by atoms with Crippen LogP contribution in [0.5, 0.6) is 0 Å². The van der Waals surface area contributed by atoms with Crippen LogP contribution in [0.3, 0.4) is 0 Å². The molecule has 3 heteroatoms. The number of aromatic nitrogens is 2. The summed E-state index contributed by atoms with van der Waals surface area (Å²) < 4.78 is 2.22. The summed E-state index contributed by atoms with van der Waals surface area (Å²) in [7, 11) is 0. The molecule has 0 bridgehead atoms. The number of aryl methyl sites for hydroxylation is 1. The predicted octanol–water partition coefficient (Wildman–Crippen LogP) is 3.90. The normalized spacial score (nSPS) is 18.8. The number of rotatable bonds is 2. The zero-order valence-corrected chi connectivity index (χ0v) is 11.9. The molecule has 0 atom stereocenters. The van der Waals surface area contributed by atoms with Crippen molar-refractivity contribution in [3.63, 3.8) is 0 Å². The van der Waals surface area contributed by atoms with Gasteiger partial charge in [0.15, 0.2) is 0 Å². The highest BCUT2D eigenvalue weighted by atomic mass is 15.2. The van der Waals surface area contributed by atoms with Gasteiger partial charge < -0.3 is 10.3 Å². The van der Waals surface area contributed by atoms with E-state index >= 15 is 0 Å². The van der Waals surface area contributed by atoms with Gasteiger partial charge in [0, 0.05) is 6.54 Å². The highest BCUT2D eigenvalue weighted by Gasteiger charge is 2.28. The lowest BCUT2D eigenvalue weighted by Crippen LogP contribution is -2.26. The lowest BCUT2D eigenvalue weighted by atomic mass is 9.75. The van der Waals surface area contributed by atoms with Crippen molar-refractivity contribution in [2.75, 3.05) is 5.73 Å². The number of para-hydroxylation sites is 1. The van der Waals surface area contributed by atoms with Crippen LogP contribution in [0, 0.1) is 12.3 Å². The number of hydrogen-bond acceptors (Lipinski definition) is 2. The number of nitrogens with zero attached hydrogens (tertiary/aromatic N) is 2. The van der Waals surface area contributed by atoms with Gasteiger partial charge in [-0.15, -0.1) is 0 Å². The number of benzene rings is 1. The van der Waals surface area contributed by atoms with E-state index in [1.807, 2.05) is 0 Å². The van der Waals surface area contributed by atoms with Crippen LogP contribution in [0.25, 0.3) is 11.0 Å². The minimum absolute atomic E-state index is 0.379. The van der Waals surface area contributed by atoms with Crippen molar-refractivity contribution in [3.05, 3.63) is 23.8 Å². The minimum Gasteiger partial charge on any atom is -0.369 e. The standard InChI is InChI=1S/C16H23N3/c1-12-7-6-8-13-14(12)18-15(17)19(13)11-16(2)9-4-3-5-10-16/h6-8H,3-5,9-11H2,1-2H3,(H2,17,18). The van der Waals surface area contributed by atoms with Crippen LogP contribution in [-0.2, 0) is 6.54 Å². The minimum atomic E-state index is 0.379. The van der Waals surface area contributed by atoms with Crippen LogP contribution in [0.1, 0.15) is 44.6 Å². The van der Waals surface area contributed by atoms with Crippen LogP contribution < -0.4 is 5.73 Å². The Balaban J connectivity index is 2.00. The Bertz CT molecular complexity index is 591. The first-order chi connectivity index (χ1) is 9.09. The number of nitrogen functional groups attached to an aromatic ring is 1. The largest absolute Gasteiger partial charge is 0.369 e. The van der Waals surface area contributed by atoms with Crippen LogP contribution in [0.4, 0.5) is 5.95 Å². The molecule has 1 aliphatic rings. The van der Waals surface area contributed by atoms with Crippen molar-refractivity contribution in [3.8, 4) is 0 Å². The van der Waals surface area contributed by atoms with Gasteiger partial charge in [0.2, 0.25) is 5.95 Å². The fourth-order valence-electron chi connectivity index (χ4n) is 3.42. The van der Waals surface area contributed by atoms with Crippen molar-refractivity contribution in [1.29, 1.82) is 0 Å². The number of anilines is 1. The van der Waals surface area contributed by atoms with Gasteiger partial charge in [0.05, 0.1) is 11.0 Å². The molecule has 2 aromatic rings. The second-order valence-electron chi connectivity index (χ2n) is 6.37. The molecule has 2 N–H and O–H groups in total. The molecule has 1 heterocycles. The van der Waals surface area contributed by atoms with E-state index in [0.717, 1.165) is 12.1 Å². The Morgan fingerprint density at radius 1 is 1.26 bits per heavy atom. The molecule has 19 heavy (non-hydrogen) atoms. The third kappa shape index (κ3) is 2.22. The molecule has 1 fully saturated rings.